The summed E-state index contributed by atoms with van der Waals surface area (Å²) in [5, 5.41) is 21.9. The minimum atomic E-state index is -0.241. The molecular weight excluding hydrogens is 264 g/mol. The minimum absolute atomic E-state index is 0.0525. The molecule has 0 aromatic carbocycles. The molecule has 0 radical (unpaired) electrons. The number of carbonyl (C=O) groups is 1. The third kappa shape index (κ3) is 2.32. The lowest BCUT2D eigenvalue weighted by Gasteiger charge is -2.16. The summed E-state index contributed by atoms with van der Waals surface area (Å²) in [7, 11) is 0. The van der Waals surface area contributed by atoms with E-state index in [2.05, 4.69) is 15.5 Å². The van der Waals surface area contributed by atoms with E-state index in [9.17, 15) is 9.90 Å². The molecule has 1 saturated carbocycles. The quantitative estimate of drug-likeness (QED) is 0.858. The molecule has 2 N–H and O–H groups in total. The first-order valence-electron chi connectivity index (χ1n) is 6.73. The third-order valence-corrected chi connectivity index (χ3v) is 4.91. The summed E-state index contributed by atoms with van der Waals surface area (Å²) in [4.78, 5) is 14.1. The average Bonchev–Trinajstić information content (AvgIpc) is 3.07. The summed E-state index contributed by atoms with van der Waals surface area (Å²) < 4.78 is 0. The molecular formula is C12H18N4O2S. The molecule has 3 rings (SSSR count). The monoisotopic (exact) mass is 282 g/mol. The van der Waals surface area contributed by atoms with E-state index in [0.717, 1.165) is 25.9 Å². The lowest BCUT2D eigenvalue weighted by molar-refractivity contribution is 0.0751. The Morgan fingerprint density at radius 2 is 2.32 bits per heavy atom. The van der Waals surface area contributed by atoms with Gasteiger partial charge < -0.3 is 15.3 Å². The Kier molecular flexibility index (Phi) is 3.40. The number of amides is 1. The van der Waals surface area contributed by atoms with E-state index in [-0.39, 0.29) is 17.9 Å². The average molecular weight is 282 g/mol. The van der Waals surface area contributed by atoms with Gasteiger partial charge in [-0.15, -0.1) is 10.2 Å². The summed E-state index contributed by atoms with van der Waals surface area (Å²) >= 11 is 1.29. The molecule has 1 aromatic rings. The number of fused-ring (bicyclic) bond motifs is 1. The highest BCUT2D eigenvalue weighted by molar-refractivity contribution is 7.17. The summed E-state index contributed by atoms with van der Waals surface area (Å²) in [5.41, 5.74) is 0. The van der Waals surface area contributed by atoms with E-state index in [1.54, 1.807) is 0 Å². The van der Waals surface area contributed by atoms with Crippen molar-refractivity contribution in [2.45, 2.75) is 25.9 Å². The fourth-order valence-corrected chi connectivity index (χ4v) is 3.85. The first-order valence-corrected chi connectivity index (χ1v) is 7.55. The zero-order valence-electron chi connectivity index (χ0n) is 10.9. The van der Waals surface area contributed by atoms with Crippen molar-refractivity contribution in [2.24, 2.45) is 11.8 Å². The van der Waals surface area contributed by atoms with Crippen molar-refractivity contribution in [3.63, 3.8) is 0 Å². The minimum Gasteiger partial charge on any atom is -0.393 e. The summed E-state index contributed by atoms with van der Waals surface area (Å²) in [6.45, 7) is 4.15. The molecule has 3 atom stereocenters. The summed E-state index contributed by atoms with van der Waals surface area (Å²) in [5.74, 6) is 0.661. The predicted molar refractivity (Wildman–Crippen MR) is 72.2 cm³/mol. The number of likely N-dealkylation sites (tertiary alicyclic amines) is 1. The lowest BCUT2D eigenvalue weighted by atomic mass is 10.00. The van der Waals surface area contributed by atoms with Gasteiger partial charge in [-0.3, -0.25) is 4.79 Å². The van der Waals surface area contributed by atoms with Gasteiger partial charge in [0.2, 0.25) is 10.1 Å². The maximum atomic E-state index is 12.3. The van der Waals surface area contributed by atoms with Gasteiger partial charge in [-0.05, 0) is 25.7 Å². The van der Waals surface area contributed by atoms with Gasteiger partial charge in [0.15, 0.2) is 0 Å². The van der Waals surface area contributed by atoms with Crippen molar-refractivity contribution < 1.29 is 9.90 Å². The Morgan fingerprint density at radius 1 is 1.47 bits per heavy atom. The van der Waals surface area contributed by atoms with E-state index in [0.29, 0.717) is 22.6 Å². The number of nitrogens with zero attached hydrogens (tertiary/aromatic N) is 3. The standard InChI is InChI=1S/C12H18N4O2S/c1-2-13-12-15-14-10(19-12)11(18)16-5-7-3-4-9(17)8(7)6-16/h7-9,17H,2-6H2,1H3,(H,13,15). The Hall–Kier alpha value is -1.21. The van der Waals surface area contributed by atoms with Crippen molar-refractivity contribution in [3.05, 3.63) is 5.01 Å². The first-order chi connectivity index (χ1) is 9.19. The number of hydrogen-bond acceptors (Lipinski definition) is 6. The Labute approximate surface area is 115 Å². The summed E-state index contributed by atoms with van der Waals surface area (Å²) in [6.07, 6.45) is 1.66. The van der Waals surface area contributed by atoms with Gasteiger partial charge in [0.25, 0.3) is 5.91 Å². The van der Waals surface area contributed by atoms with E-state index in [1.165, 1.54) is 11.3 Å². The fraction of sp³-hybridized carbons (Fsp3) is 0.750. The van der Waals surface area contributed by atoms with Gasteiger partial charge >= 0.3 is 0 Å². The number of nitrogens with one attached hydrogen (secondary N) is 1. The van der Waals surface area contributed by atoms with Crippen LogP contribution < -0.4 is 5.32 Å². The number of hydrogen-bond donors (Lipinski definition) is 2. The smallest absolute Gasteiger partial charge is 0.284 e. The van der Waals surface area contributed by atoms with Crippen LogP contribution in [0.5, 0.6) is 0 Å². The van der Waals surface area contributed by atoms with Crippen LogP contribution in [0.2, 0.25) is 0 Å². The van der Waals surface area contributed by atoms with Crippen molar-refractivity contribution in [1.82, 2.24) is 15.1 Å². The van der Waals surface area contributed by atoms with Crippen molar-refractivity contribution in [3.8, 4) is 0 Å². The van der Waals surface area contributed by atoms with Crippen LogP contribution in [0.4, 0.5) is 5.13 Å². The lowest BCUT2D eigenvalue weighted by Crippen LogP contribution is -2.31. The van der Waals surface area contributed by atoms with Crippen molar-refractivity contribution >= 4 is 22.4 Å². The molecule has 1 saturated heterocycles. The molecule has 1 aliphatic heterocycles. The maximum Gasteiger partial charge on any atom is 0.284 e. The molecule has 3 unspecified atom stereocenters. The number of carbonyl (C=O) groups excluding carboxylic acids is 1. The van der Waals surface area contributed by atoms with Crippen LogP contribution in [0.1, 0.15) is 29.6 Å². The van der Waals surface area contributed by atoms with E-state index in [4.69, 9.17) is 0 Å². The second-order valence-electron chi connectivity index (χ2n) is 5.22. The highest BCUT2D eigenvalue weighted by Crippen LogP contribution is 2.38. The molecule has 2 heterocycles. The van der Waals surface area contributed by atoms with Gasteiger partial charge in [0, 0.05) is 25.6 Å². The van der Waals surface area contributed by atoms with E-state index >= 15 is 0 Å². The highest BCUT2D eigenvalue weighted by Gasteiger charge is 2.43. The molecule has 7 heteroatoms. The zero-order valence-corrected chi connectivity index (χ0v) is 11.7. The Bertz CT molecular complexity index is 478. The van der Waals surface area contributed by atoms with Gasteiger partial charge in [-0.2, -0.15) is 0 Å². The van der Waals surface area contributed by atoms with Gasteiger partial charge in [0.1, 0.15) is 0 Å². The number of anilines is 1. The normalized spacial score (nSPS) is 29.6. The number of rotatable bonds is 3. The maximum absolute atomic E-state index is 12.3. The molecule has 104 valence electrons. The van der Waals surface area contributed by atoms with Crippen molar-refractivity contribution in [1.29, 1.82) is 0 Å². The van der Waals surface area contributed by atoms with Crippen LogP contribution in [0.3, 0.4) is 0 Å². The number of aliphatic hydroxyl groups is 1. The van der Waals surface area contributed by atoms with Crippen LogP contribution in [0.15, 0.2) is 0 Å². The van der Waals surface area contributed by atoms with Crippen molar-refractivity contribution in [2.75, 3.05) is 25.0 Å². The molecule has 1 aromatic heterocycles. The van der Waals surface area contributed by atoms with Crippen LogP contribution >= 0.6 is 11.3 Å². The van der Waals surface area contributed by atoms with Crippen LogP contribution in [-0.2, 0) is 0 Å². The van der Waals surface area contributed by atoms with Crippen LogP contribution in [-0.4, -0.2) is 51.8 Å². The van der Waals surface area contributed by atoms with Gasteiger partial charge in [-0.1, -0.05) is 11.3 Å². The Balaban J connectivity index is 1.67. The van der Waals surface area contributed by atoms with Gasteiger partial charge in [0.05, 0.1) is 6.10 Å². The fourth-order valence-electron chi connectivity index (χ4n) is 3.07. The van der Waals surface area contributed by atoms with Gasteiger partial charge in [-0.25, -0.2) is 0 Å². The topological polar surface area (TPSA) is 78.4 Å². The largest absolute Gasteiger partial charge is 0.393 e. The zero-order chi connectivity index (χ0) is 13.4. The van der Waals surface area contributed by atoms with Crippen LogP contribution in [0, 0.1) is 11.8 Å². The SMILES string of the molecule is CCNc1nnc(C(=O)N2CC3CCC(O)C3C2)s1. The second kappa shape index (κ2) is 5.05. The highest BCUT2D eigenvalue weighted by atomic mass is 32.1. The molecule has 2 fully saturated rings. The summed E-state index contributed by atoms with van der Waals surface area (Å²) in [6, 6.07) is 0. The van der Waals surface area contributed by atoms with E-state index in [1.807, 2.05) is 11.8 Å². The first kappa shape index (κ1) is 12.8. The molecule has 0 bridgehead atoms. The molecule has 0 spiro atoms. The molecule has 1 amide bonds. The molecule has 2 aliphatic rings. The van der Waals surface area contributed by atoms with E-state index < -0.39 is 0 Å². The molecule has 1 aliphatic carbocycles. The predicted octanol–water partition coefficient (Wildman–Crippen LogP) is 0.813. The molecule has 6 nitrogen and oxygen atoms in total. The van der Waals surface area contributed by atoms with Crippen LogP contribution in [0.25, 0.3) is 0 Å². The molecule has 19 heavy (non-hydrogen) atoms. The third-order valence-electron chi connectivity index (χ3n) is 4.04. The number of aromatic nitrogens is 2. The number of aliphatic hydroxyl groups excluding tert-OH is 1. The second-order valence-corrected chi connectivity index (χ2v) is 6.20. The Morgan fingerprint density at radius 3 is 3.05 bits per heavy atom.